The van der Waals surface area contributed by atoms with E-state index in [1.807, 2.05) is 38.1 Å². The Labute approximate surface area is 101 Å². The Morgan fingerprint density at radius 2 is 2.06 bits per heavy atom. The number of aromatic nitrogens is 3. The maximum Gasteiger partial charge on any atom is 0.133 e. The summed E-state index contributed by atoms with van der Waals surface area (Å²) < 4.78 is 0. The van der Waals surface area contributed by atoms with Crippen LogP contribution in [-0.4, -0.2) is 21.5 Å². The van der Waals surface area contributed by atoms with Crippen LogP contribution in [0.3, 0.4) is 0 Å². The lowest BCUT2D eigenvalue weighted by molar-refractivity contribution is 0.708. The van der Waals surface area contributed by atoms with Crippen LogP contribution in [0.2, 0.25) is 0 Å². The largest absolute Gasteiger partial charge is 0.330 e. The number of rotatable bonds is 3. The molecule has 0 aliphatic heterocycles. The molecular formula is C13H16N4. The fourth-order valence-electron chi connectivity index (χ4n) is 1.56. The highest BCUT2D eigenvalue weighted by Crippen LogP contribution is 2.17. The normalized spacial score (nSPS) is 12.4. The van der Waals surface area contributed by atoms with Gasteiger partial charge in [-0.3, -0.25) is 4.98 Å². The molecule has 0 bridgehead atoms. The molecule has 88 valence electrons. The number of nitrogens with zero attached hydrogens (tertiary/aromatic N) is 3. The van der Waals surface area contributed by atoms with Crippen LogP contribution in [0.15, 0.2) is 30.5 Å². The van der Waals surface area contributed by atoms with E-state index in [9.17, 15) is 0 Å². The second-order valence-corrected chi connectivity index (χ2v) is 4.10. The lowest BCUT2D eigenvalue weighted by Crippen LogP contribution is -2.13. The van der Waals surface area contributed by atoms with Crippen LogP contribution in [0.5, 0.6) is 0 Å². The quantitative estimate of drug-likeness (QED) is 0.871. The summed E-state index contributed by atoms with van der Waals surface area (Å²) in [5.41, 5.74) is 8.31. The second kappa shape index (κ2) is 5.01. The van der Waals surface area contributed by atoms with E-state index in [0.29, 0.717) is 6.54 Å². The molecular weight excluding hydrogens is 212 g/mol. The summed E-state index contributed by atoms with van der Waals surface area (Å²) >= 11 is 0. The SMILES string of the molecule is Cc1cc(-c2ccccn2)nc(C(C)CN)n1. The van der Waals surface area contributed by atoms with Gasteiger partial charge in [0.25, 0.3) is 0 Å². The van der Waals surface area contributed by atoms with Crippen molar-refractivity contribution in [2.45, 2.75) is 19.8 Å². The van der Waals surface area contributed by atoms with Crippen molar-refractivity contribution in [2.75, 3.05) is 6.54 Å². The highest BCUT2D eigenvalue weighted by Gasteiger charge is 2.10. The Morgan fingerprint density at radius 3 is 2.71 bits per heavy atom. The third-order valence-electron chi connectivity index (χ3n) is 2.59. The van der Waals surface area contributed by atoms with Gasteiger partial charge in [-0.05, 0) is 25.1 Å². The summed E-state index contributed by atoms with van der Waals surface area (Å²) in [6, 6.07) is 7.72. The van der Waals surface area contributed by atoms with Crippen molar-refractivity contribution >= 4 is 0 Å². The molecule has 0 spiro atoms. The highest BCUT2D eigenvalue weighted by molar-refractivity contribution is 5.53. The maximum absolute atomic E-state index is 5.65. The van der Waals surface area contributed by atoms with E-state index in [1.54, 1.807) is 6.20 Å². The van der Waals surface area contributed by atoms with Crippen molar-refractivity contribution in [2.24, 2.45) is 5.73 Å². The number of hydrogen-bond acceptors (Lipinski definition) is 4. The average molecular weight is 228 g/mol. The van der Waals surface area contributed by atoms with Gasteiger partial charge in [0.2, 0.25) is 0 Å². The van der Waals surface area contributed by atoms with Gasteiger partial charge in [-0.15, -0.1) is 0 Å². The van der Waals surface area contributed by atoms with Crippen molar-refractivity contribution in [3.8, 4) is 11.4 Å². The molecule has 1 atom stereocenters. The first-order valence-electron chi connectivity index (χ1n) is 5.67. The first-order valence-corrected chi connectivity index (χ1v) is 5.67. The van der Waals surface area contributed by atoms with Crippen molar-refractivity contribution in [1.82, 2.24) is 15.0 Å². The minimum atomic E-state index is 0.164. The smallest absolute Gasteiger partial charge is 0.133 e. The fraction of sp³-hybridized carbons (Fsp3) is 0.308. The predicted molar refractivity (Wildman–Crippen MR) is 67.5 cm³/mol. The molecule has 4 nitrogen and oxygen atoms in total. The van der Waals surface area contributed by atoms with Crippen LogP contribution in [0.25, 0.3) is 11.4 Å². The zero-order chi connectivity index (χ0) is 12.3. The topological polar surface area (TPSA) is 64.7 Å². The Balaban J connectivity index is 2.45. The molecule has 2 heterocycles. The fourth-order valence-corrected chi connectivity index (χ4v) is 1.56. The van der Waals surface area contributed by atoms with Crippen LogP contribution < -0.4 is 5.73 Å². The van der Waals surface area contributed by atoms with Crippen molar-refractivity contribution < 1.29 is 0 Å². The molecule has 0 saturated carbocycles. The Hall–Kier alpha value is -1.81. The molecule has 0 amide bonds. The van der Waals surface area contributed by atoms with Crippen molar-refractivity contribution in [3.63, 3.8) is 0 Å². The van der Waals surface area contributed by atoms with Gasteiger partial charge in [-0.2, -0.15) is 0 Å². The van der Waals surface area contributed by atoms with Gasteiger partial charge < -0.3 is 5.73 Å². The monoisotopic (exact) mass is 228 g/mol. The summed E-state index contributed by atoms with van der Waals surface area (Å²) in [6.45, 7) is 4.53. The van der Waals surface area contributed by atoms with Crippen LogP contribution in [0.4, 0.5) is 0 Å². The van der Waals surface area contributed by atoms with Gasteiger partial charge in [-0.25, -0.2) is 9.97 Å². The van der Waals surface area contributed by atoms with Gasteiger partial charge in [0.15, 0.2) is 0 Å². The lowest BCUT2D eigenvalue weighted by Gasteiger charge is -2.09. The Bertz CT molecular complexity index is 496. The Kier molecular flexibility index (Phi) is 3.44. The number of hydrogen-bond donors (Lipinski definition) is 1. The molecule has 2 rings (SSSR count). The molecule has 1 unspecified atom stereocenters. The van der Waals surface area contributed by atoms with Crippen molar-refractivity contribution in [1.29, 1.82) is 0 Å². The van der Waals surface area contributed by atoms with Crippen LogP contribution in [0.1, 0.15) is 24.4 Å². The molecule has 4 heteroatoms. The average Bonchev–Trinajstić information content (AvgIpc) is 2.38. The molecule has 17 heavy (non-hydrogen) atoms. The van der Waals surface area contributed by atoms with Gasteiger partial charge in [-0.1, -0.05) is 13.0 Å². The predicted octanol–water partition coefficient (Wildman–Crippen LogP) is 1.91. The van der Waals surface area contributed by atoms with Gasteiger partial charge in [0.05, 0.1) is 11.4 Å². The summed E-state index contributed by atoms with van der Waals surface area (Å²) in [7, 11) is 0. The Morgan fingerprint density at radius 1 is 1.24 bits per heavy atom. The molecule has 0 aliphatic rings. The van der Waals surface area contributed by atoms with E-state index in [4.69, 9.17) is 5.73 Å². The molecule has 0 saturated heterocycles. The van der Waals surface area contributed by atoms with Gasteiger partial charge in [0.1, 0.15) is 5.82 Å². The molecule has 0 radical (unpaired) electrons. The van der Waals surface area contributed by atoms with E-state index < -0.39 is 0 Å². The van der Waals surface area contributed by atoms with Gasteiger partial charge in [0, 0.05) is 24.4 Å². The molecule has 2 N–H and O–H groups in total. The summed E-state index contributed by atoms with van der Waals surface area (Å²) in [5, 5.41) is 0. The summed E-state index contributed by atoms with van der Waals surface area (Å²) in [5.74, 6) is 0.950. The molecule has 0 fully saturated rings. The molecule has 2 aromatic heterocycles. The minimum Gasteiger partial charge on any atom is -0.330 e. The van der Waals surface area contributed by atoms with Gasteiger partial charge >= 0.3 is 0 Å². The minimum absolute atomic E-state index is 0.164. The molecule has 0 aliphatic carbocycles. The first-order chi connectivity index (χ1) is 8.20. The maximum atomic E-state index is 5.65. The summed E-state index contributed by atoms with van der Waals surface area (Å²) in [6.07, 6.45) is 1.76. The zero-order valence-electron chi connectivity index (χ0n) is 10.1. The molecule has 0 aromatic carbocycles. The van der Waals surface area contributed by atoms with Crippen LogP contribution in [0, 0.1) is 6.92 Å². The van der Waals surface area contributed by atoms with Crippen LogP contribution in [-0.2, 0) is 0 Å². The lowest BCUT2D eigenvalue weighted by atomic mass is 10.1. The number of pyridine rings is 1. The van der Waals surface area contributed by atoms with E-state index in [0.717, 1.165) is 22.9 Å². The van der Waals surface area contributed by atoms with E-state index in [-0.39, 0.29) is 5.92 Å². The highest BCUT2D eigenvalue weighted by atomic mass is 14.9. The third-order valence-corrected chi connectivity index (χ3v) is 2.59. The molecule has 2 aromatic rings. The van der Waals surface area contributed by atoms with E-state index in [2.05, 4.69) is 15.0 Å². The zero-order valence-corrected chi connectivity index (χ0v) is 10.1. The second-order valence-electron chi connectivity index (χ2n) is 4.10. The van der Waals surface area contributed by atoms with E-state index >= 15 is 0 Å². The van der Waals surface area contributed by atoms with Crippen molar-refractivity contribution in [3.05, 3.63) is 42.0 Å². The van der Waals surface area contributed by atoms with E-state index in [1.165, 1.54) is 0 Å². The number of aryl methyl sites for hydroxylation is 1. The summed E-state index contributed by atoms with van der Waals surface area (Å²) in [4.78, 5) is 13.2. The number of nitrogens with two attached hydrogens (primary N) is 1. The standard InChI is InChI=1S/C13H16N4/c1-9(8-14)13-16-10(2)7-12(17-13)11-5-3-4-6-15-11/h3-7,9H,8,14H2,1-2H3. The van der Waals surface area contributed by atoms with Crippen LogP contribution >= 0.6 is 0 Å². The first kappa shape index (κ1) is 11.7. The third kappa shape index (κ3) is 2.65.